The summed E-state index contributed by atoms with van der Waals surface area (Å²) >= 11 is 0. The zero-order valence-electron chi connectivity index (χ0n) is 73.4. The second-order valence-corrected chi connectivity index (χ2v) is 37.3. The summed E-state index contributed by atoms with van der Waals surface area (Å²) in [5, 5.41) is 0. The van der Waals surface area contributed by atoms with Crippen LogP contribution in [-0.4, -0.2) is 25.5 Å². The SMILES string of the molecule is C=C/C(=C(\C(=C/C(C)/C=C\CC)c1ccccc1)N1c2ccccc2B2c3cc4c(cc3N(c3ccccc3)c3cc(C(C)(C)C)cc1c32)N(c1c(-c2ccccc2)cc(-c2ccccc2)cc1-c1ccccc1)c1cc(N2C3CC5CC(C3)CC2C5)cc2c1B4c1ccccc1N2c1c(-c2ccccc2)cc(-c2ccccc2)cc1-c1ccccc1)c1ccccc1. The maximum atomic E-state index is 4.83. The lowest BCUT2D eigenvalue weighted by Crippen LogP contribution is -2.65. The lowest BCUT2D eigenvalue weighted by atomic mass is 9.30. The van der Waals surface area contributed by atoms with E-state index >= 15 is 0 Å². The first-order valence-electron chi connectivity index (χ1n) is 46.3. The Kier molecular flexibility index (Phi) is 19.7. The Balaban J connectivity index is 0.884. The predicted octanol–water partition coefficient (Wildman–Crippen LogP) is 27.9. The van der Waals surface area contributed by atoms with Crippen molar-refractivity contribution in [3.05, 3.63) is 435 Å². The molecule has 4 bridgehead atoms. The molecule has 0 radical (unpaired) electrons. The van der Waals surface area contributed by atoms with Crippen molar-refractivity contribution < 1.29 is 0 Å². The number of anilines is 12. The molecular weight excluding hydrogens is 1540 g/mol. The van der Waals surface area contributed by atoms with E-state index in [2.05, 4.69) is 466 Å². The Bertz CT molecular complexity index is 6920. The van der Waals surface area contributed by atoms with Crippen molar-refractivity contribution in [1.29, 1.82) is 0 Å². The molecule has 2 aliphatic carbocycles. The minimum atomic E-state index is -0.322. The lowest BCUT2D eigenvalue weighted by molar-refractivity contribution is 0.0900. The summed E-state index contributed by atoms with van der Waals surface area (Å²) in [5.41, 5.74) is 41.7. The van der Waals surface area contributed by atoms with Crippen LogP contribution in [0.25, 0.3) is 77.9 Å². The van der Waals surface area contributed by atoms with Gasteiger partial charge in [0, 0.05) is 102 Å². The number of hydrogen-bond donors (Lipinski definition) is 0. The molecule has 5 nitrogen and oxygen atoms in total. The van der Waals surface area contributed by atoms with Crippen LogP contribution in [0.1, 0.15) is 89.8 Å². The number of benzene rings is 16. The van der Waals surface area contributed by atoms with Gasteiger partial charge in [-0.25, -0.2) is 0 Å². The van der Waals surface area contributed by atoms with Crippen LogP contribution in [0.15, 0.2) is 419 Å². The summed E-state index contributed by atoms with van der Waals surface area (Å²) in [5.74, 6) is 1.54. The van der Waals surface area contributed by atoms with Gasteiger partial charge in [0.2, 0.25) is 0 Å². The molecule has 6 aliphatic heterocycles. The molecule has 4 fully saturated rings. The first-order chi connectivity index (χ1) is 63.0. The second kappa shape index (κ2) is 32.2. The fourth-order valence-corrected chi connectivity index (χ4v) is 23.1. The maximum absolute atomic E-state index is 4.83. The average molecular weight is 1650 g/mol. The molecule has 0 N–H and O–H groups in total. The van der Waals surface area contributed by atoms with Crippen LogP contribution in [0, 0.1) is 17.8 Å². The topological polar surface area (TPSA) is 16.2 Å². The number of para-hydroxylation sites is 3. The summed E-state index contributed by atoms with van der Waals surface area (Å²) < 4.78 is 0. The van der Waals surface area contributed by atoms with Crippen LogP contribution in [0.4, 0.5) is 68.2 Å². The van der Waals surface area contributed by atoms with E-state index in [1.165, 1.54) is 104 Å². The number of nitrogens with zero attached hydrogens (tertiary/aromatic N) is 5. The number of hydrogen-bond acceptors (Lipinski definition) is 5. The fourth-order valence-electron chi connectivity index (χ4n) is 23.1. The Hall–Kier alpha value is -14.4. The normalized spacial score (nSPS) is 17.2. The van der Waals surface area contributed by atoms with Gasteiger partial charge < -0.3 is 24.5 Å². The van der Waals surface area contributed by atoms with Crippen molar-refractivity contribution in [2.75, 3.05) is 24.5 Å². The largest absolute Gasteiger partial charge is 0.365 e. The fraction of sp³-hybridized carbons (Fsp3) is 0.140. The molecule has 2 saturated carbocycles. The van der Waals surface area contributed by atoms with Crippen molar-refractivity contribution in [2.24, 2.45) is 17.8 Å². The predicted molar refractivity (Wildman–Crippen MR) is 546 cm³/mol. The molecule has 1 unspecified atom stereocenters. The van der Waals surface area contributed by atoms with Crippen molar-refractivity contribution >= 4 is 126 Å². The van der Waals surface area contributed by atoms with E-state index < -0.39 is 0 Å². The van der Waals surface area contributed by atoms with Gasteiger partial charge in [0.15, 0.2) is 0 Å². The molecule has 0 amide bonds. The van der Waals surface area contributed by atoms with Gasteiger partial charge in [0.05, 0.1) is 17.1 Å². The van der Waals surface area contributed by atoms with E-state index in [0.717, 1.165) is 147 Å². The highest BCUT2D eigenvalue weighted by Crippen LogP contribution is 2.59. The van der Waals surface area contributed by atoms with Crippen molar-refractivity contribution in [3.63, 3.8) is 0 Å². The molecule has 7 heteroatoms. The summed E-state index contributed by atoms with van der Waals surface area (Å²) in [6, 6.07) is 147. The lowest BCUT2D eigenvalue weighted by Gasteiger charge is -2.58. The minimum absolute atomic E-state index is 0.0753. The number of fused-ring (bicyclic) bond motifs is 8. The van der Waals surface area contributed by atoms with Crippen LogP contribution < -0.4 is 57.3 Å². The van der Waals surface area contributed by atoms with Crippen molar-refractivity contribution in [2.45, 2.75) is 90.6 Å². The Morgan fingerprint density at radius 3 is 1.20 bits per heavy atom. The van der Waals surface area contributed by atoms with E-state index in [0.29, 0.717) is 12.1 Å². The standard InChI is InChI=1S/C121H101B2N5/c1-7-9-41-80(3)64-99(86-48-25-13-26-49-86)118(98(8-2)85-46-23-12-24-47-85)126-108-62-39-37-60-104(108)122-106-78-107-111(79-110(106)125(94-58-35-18-36-59-94)112-74-93(121(4,5)6)75-113(126)116(112)122)128(120-102(89-54-31-16-32-55-89)72-92(84-44-21-11-22-45-84)73-103(120)90-56-33-17-34-57-90)115-77-97(124-95-66-81-65-82(68-95)69-96(124)67-81)76-114-117(115)123(107)105-61-38-40-63-109(105)127(114)119-100(87-50-27-14-28-51-87)70-91(83-42-19-10-20-43-83)71-101(119)88-52-29-15-30-53-88/h8-64,70-82,95-96H,2,7,65-69H2,1,3-6H3/b41-9-,99-64-,118-98-. The molecule has 128 heavy (non-hydrogen) atoms. The highest BCUT2D eigenvalue weighted by atomic mass is 15.3. The third-order valence-corrected chi connectivity index (χ3v) is 28.5. The first kappa shape index (κ1) is 78.3. The summed E-state index contributed by atoms with van der Waals surface area (Å²) in [6.07, 6.45) is 16.4. The van der Waals surface area contributed by atoms with Gasteiger partial charge in [-0.05, 0) is 235 Å². The molecule has 616 valence electrons. The van der Waals surface area contributed by atoms with E-state index in [1.54, 1.807) is 0 Å². The van der Waals surface area contributed by atoms with Gasteiger partial charge in [-0.3, -0.25) is 0 Å². The maximum Gasteiger partial charge on any atom is 0.252 e. The van der Waals surface area contributed by atoms with Gasteiger partial charge >= 0.3 is 0 Å². The van der Waals surface area contributed by atoms with E-state index in [4.69, 9.17) is 6.58 Å². The molecule has 0 spiro atoms. The molecule has 16 aromatic rings. The van der Waals surface area contributed by atoms with Gasteiger partial charge in [0.1, 0.15) is 0 Å². The van der Waals surface area contributed by atoms with Gasteiger partial charge in [-0.2, -0.15) is 0 Å². The molecule has 8 aliphatic rings. The molecule has 16 aromatic carbocycles. The Morgan fingerprint density at radius 2 is 0.742 bits per heavy atom. The Morgan fingerprint density at radius 1 is 0.359 bits per heavy atom. The van der Waals surface area contributed by atoms with E-state index in [1.807, 2.05) is 0 Å². The zero-order valence-corrected chi connectivity index (χ0v) is 73.4. The van der Waals surface area contributed by atoms with Gasteiger partial charge in [0.25, 0.3) is 13.4 Å². The van der Waals surface area contributed by atoms with Crippen LogP contribution in [0.5, 0.6) is 0 Å². The van der Waals surface area contributed by atoms with E-state index in [9.17, 15) is 0 Å². The number of piperidine rings is 2. The van der Waals surface area contributed by atoms with Gasteiger partial charge in [-0.15, -0.1) is 0 Å². The summed E-state index contributed by atoms with van der Waals surface area (Å²) in [6.45, 7) is 16.0. The molecular formula is C121H101B2N5. The molecule has 2 saturated heterocycles. The highest BCUT2D eigenvalue weighted by molar-refractivity contribution is 7.03. The van der Waals surface area contributed by atoms with Crippen molar-refractivity contribution in [3.8, 4) is 66.8 Å². The summed E-state index contributed by atoms with van der Waals surface area (Å²) in [4.78, 5) is 13.9. The van der Waals surface area contributed by atoms with Crippen LogP contribution >= 0.6 is 0 Å². The minimum Gasteiger partial charge on any atom is -0.365 e. The molecule has 6 heterocycles. The monoisotopic (exact) mass is 1650 g/mol. The van der Waals surface area contributed by atoms with Crippen LogP contribution in [0.2, 0.25) is 0 Å². The second-order valence-electron chi connectivity index (χ2n) is 37.3. The molecule has 24 rings (SSSR count). The third kappa shape index (κ3) is 13.4. The number of rotatable bonds is 18. The highest BCUT2D eigenvalue weighted by Gasteiger charge is 2.53. The first-order valence-corrected chi connectivity index (χ1v) is 46.3. The molecule has 0 aromatic heterocycles. The Labute approximate surface area is 755 Å². The third-order valence-electron chi connectivity index (χ3n) is 28.5. The van der Waals surface area contributed by atoms with Crippen molar-refractivity contribution in [1.82, 2.24) is 0 Å². The van der Waals surface area contributed by atoms with Gasteiger partial charge in [-0.1, -0.05) is 369 Å². The van der Waals surface area contributed by atoms with E-state index in [-0.39, 0.29) is 24.8 Å². The number of allylic oxidation sites excluding steroid dienone is 6. The smallest absolute Gasteiger partial charge is 0.252 e. The average Bonchev–Trinajstić information content (AvgIpc) is 0.675. The zero-order chi connectivity index (χ0) is 85.8. The van der Waals surface area contributed by atoms with Crippen LogP contribution in [0.3, 0.4) is 0 Å². The summed E-state index contributed by atoms with van der Waals surface area (Å²) in [7, 11) is 0. The van der Waals surface area contributed by atoms with Crippen LogP contribution in [-0.2, 0) is 5.41 Å². The molecule has 1 atom stereocenters. The quantitative estimate of drug-likeness (QED) is 0.0482.